The van der Waals surface area contributed by atoms with Gasteiger partial charge in [-0.1, -0.05) is 41.0 Å². The first-order valence-corrected chi connectivity index (χ1v) is 12.9. The summed E-state index contributed by atoms with van der Waals surface area (Å²) in [5, 5.41) is 14.0. The fourth-order valence-electron chi connectivity index (χ4n) is 2.86. The van der Waals surface area contributed by atoms with Crippen molar-refractivity contribution in [2.45, 2.75) is 72.3 Å². The molecule has 1 unspecified atom stereocenters. The number of carboxylic acids is 1. The Kier molecular flexibility index (Phi) is 14.0. The maximum Gasteiger partial charge on any atom is 0.327 e. The van der Waals surface area contributed by atoms with Gasteiger partial charge in [0.15, 0.2) is 0 Å². The van der Waals surface area contributed by atoms with E-state index < -0.39 is 12.0 Å². The normalized spacial score (nSPS) is 13.0. The number of thiophene rings is 1. The number of nitrogens with one attached hydrogen (secondary N) is 1. The third kappa shape index (κ3) is 14.0. The molecule has 2 N–H and O–H groups in total. The molecule has 0 saturated carbocycles. The molecule has 31 heavy (non-hydrogen) atoms. The minimum Gasteiger partial charge on any atom is -0.480 e. The highest BCUT2D eigenvalue weighted by Crippen LogP contribution is 2.14. The average molecular weight is 464 g/mol. The van der Waals surface area contributed by atoms with Gasteiger partial charge in [0.1, 0.15) is 6.04 Å². The number of carbonyl (C=O) groups excluding carboxylic acids is 1. The second kappa shape index (κ2) is 15.9. The van der Waals surface area contributed by atoms with Crippen LogP contribution in [-0.4, -0.2) is 34.5 Å². The van der Waals surface area contributed by atoms with E-state index in [4.69, 9.17) is 0 Å². The Hall–Kier alpha value is -1.79. The SMILES string of the molecule is CC(C)=CCCC(C)=CCCC(C)=CCSCC(NC(=O)CCc1cccs1)C(=O)O. The number of aryl methyl sites for hydroxylation is 1. The molecule has 0 aliphatic carbocycles. The third-order valence-corrected chi connectivity index (χ3v) is 6.68. The maximum atomic E-state index is 12.1. The fourth-order valence-corrected chi connectivity index (χ4v) is 4.57. The first-order valence-electron chi connectivity index (χ1n) is 10.8. The van der Waals surface area contributed by atoms with Gasteiger partial charge in [0.05, 0.1) is 0 Å². The highest BCUT2D eigenvalue weighted by molar-refractivity contribution is 7.99. The maximum absolute atomic E-state index is 12.1. The molecule has 4 nitrogen and oxygen atoms in total. The Morgan fingerprint density at radius 1 is 1.06 bits per heavy atom. The van der Waals surface area contributed by atoms with Crippen LogP contribution >= 0.6 is 23.1 Å². The van der Waals surface area contributed by atoms with Crippen LogP contribution in [0.3, 0.4) is 0 Å². The summed E-state index contributed by atoms with van der Waals surface area (Å²) in [7, 11) is 0. The molecule has 1 atom stereocenters. The van der Waals surface area contributed by atoms with Crippen LogP contribution < -0.4 is 5.32 Å². The lowest BCUT2D eigenvalue weighted by Crippen LogP contribution is -2.42. The fraction of sp³-hybridized carbons (Fsp3) is 0.520. The topological polar surface area (TPSA) is 66.4 Å². The largest absolute Gasteiger partial charge is 0.480 e. The molecule has 0 bridgehead atoms. The number of carboxylic acid groups (broad SMARTS) is 1. The predicted molar refractivity (Wildman–Crippen MR) is 135 cm³/mol. The minimum absolute atomic E-state index is 0.208. The molecule has 0 aliphatic rings. The van der Waals surface area contributed by atoms with Crippen molar-refractivity contribution in [3.05, 3.63) is 57.3 Å². The van der Waals surface area contributed by atoms with Gasteiger partial charge >= 0.3 is 5.97 Å². The molecular weight excluding hydrogens is 426 g/mol. The third-order valence-electron chi connectivity index (χ3n) is 4.77. The number of carbonyl (C=O) groups is 2. The van der Waals surface area contributed by atoms with Crippen molar-refractivity contribution < 1.29 is 14.7 Å². The van der Waals surface area contributed by atoms with Crippen LogP contribution in [0, 0.1) is 0 Å². The summed E-state index contributed by atoms with van der Waals surface area (Å²) in [6.45, 7) is 8.57. The zero-order valence-electron chi connectivity index (χ0n) is 19.3. The van der Waals surface area contributed by atoms with E-state index in [-0.39, 0.29) is 5.91 Å². The van der Waals surface area contributed by atoms with Crippen LogP contribution in [0.15, 0.2) is 52.5 Å². The molecule has 0 radical (unpaired) electrons. The molecule has 6 heteroatoms. The van der Waals surface area contributed by atoms with Gasteiger partial charge in [0, 0.05) is 22.8 Å². The van der Waals surface area contributed by atoms with Gasteiger partial charge in [0.2, 0.25) is 5.91 Å². The smallest absolute Gasteiger partial charge is 0.327 e. The Morgan fingerprint density at radius 2 is 1.74 bits per heavy atom. The quantitative estimate of drug-likeness (QED) is 0.233. The number of amides is 1. The van der Waals surface area contributed by atoms with Crippen LogP contribution in [0.5, 0.6) is 0 Å². The summed E-state index contributed by atoms with van der Waals surface area (Å²) >= 11 is 3.15. The predicted octanol–water partition coefficient (Wildman–Crippen LogP) is 6.40. The molecule has 1 amide bonds. The van der Waals surface area contributed by atoms with Gasteiger partial charge in [-0.25, -0.2) is 4.79 Å². The number of hydrogen-bond donors (Lipinski definition) is 2. The van der Waals surface area contributed by atoms with E-state index in [9.17, 15) is 14.7 Å². The number of thioether (sulfide) groups is 1. The highest BCUT2D eigenvalue weighted by Gasteiger charge is 2.19. The summed E-state index contributed by atoms with van der Waals surface area (Å²) in [5.74, 6) is -0.0664. The number of rotatable bonds is 15. The molecule has 0 fully saturated rings. The first-order chi connectivity index (χ1) is 14.8. The molecule has 0 aromatic carbocycles. The monoisotopic (exact) mass is 463 g/mol. The molecule has 0 spiro atoms. The van der Waals surface area contributed by atoms with Crippen molar-refractivity contribution in [3.8, 4) is 0 Å². The van der Waals surface area contributed by atoms with Crippen LogP contribution in [0.4, 0.5) is 0 Å². The highest BCUT2D eigenvalue weighted by atomic mass is 32.2. The summed E-state index contributed by atoms with van der Waals surface area (Å²) in [5.41, 5.74) is 4.11. The minimum atomic E-state index is -0.980. The number of aliphatic carboxylic acids is 1. The zero-order valence-corrected chi connectivity index (χ0v) is 20.9. The Morgan fingerprint density at radius 3 is 2.35 bits per heavy atom. The Bertz CT molecular complexity index is 760. The number of hydrogen-bond acceptors (Lipinski definition) is 4. The molecule has 1 aromatic heterocycles. The van der Waals surface area contributed by atoms with E-state index in [2.05, 4.69) is 51.2 Å². The van der Waals surface area contributed by atoms with E-state index in [0.29, 0.717) is 18.6 Å². The van der Waals surface area contributed by atoms with Crippen LogP contribution in [0.2, 0.25) is 0 Å². The summed E-state index contributed by atoms with van der Waals surface area (Å²) < 4.78 is 0. The van der Waals surface area contributed by atoms with E-state index in [1.807, 2.05) is 17.5 Å². The number of allylic oxidation sites excluding steroid dienone is 5. The van der Waals surface area contributed by atoms with E-state index in [1.54, 1.807) is 11.3 Å². The van der Waals surface area contributed by atoms with Gasteiger partial charge < -0.3 is 10.4 Å². The van der Waals surface area contributed by atoms with E-state index in [0.717, 1.165) is 36.3 Å². The van der Waals surface area contributed by atoms with E-state index >= 15 is 0 Å². The second-order valence-corrected chi connectivity index (χ2v) is 10.1. The lowest BCUT2D eigenvalue weighted by Gasteiger charge is -2.13. The lowest BCUT2D eigenvalue weighted by atomic mass is 10.1. The molecular formula is C25H37NO3S2. The summed E-state index contributed by atoms with van der Waals surface area (Å²) in [6.07, 6.45) is 12.0. The van der Waals surface area contributed by atoms with Crippen LogP contribution in [0.25, 0.3) is 0 Å². The molecule has 0 saturated heterocycles. The Labute approximate surface area is 195 Å². The van der Waals surface area contributed by atoms with Crippen molar-refractivity contribution in [1.82, 2.24) is 5.32 Å². The summed E-state index contributed by atoms with van der Waals surface area (Å²) in [6, 6.07) is 3.09. The van der Waals surface area contributed by atoms with E-state index in [1.165, 1.54) is 28.5 Å². The molecule has 1 heterocycles. The van der Waals surface area contributed by atoms with Gasteiger partial charge in [-0.3, -0.25) is 4.79 Å². The Balaban J connectivity index is 2.28. The lowest BCUT2D eigenvalue weighted by molar-refractivity contribution is -0.141. The molecule has 172 valence electrons. The average Bonchev–Trinajstić information content (AvgIpc) is 3.22. The molecule has 1 aromatic rings. The zero-order chi connectivity index (χ0) is 23.1. The van der Waals surface area contributed by atoms with Crippen molar-refractivity contribution in [2.24, 2.45) is 0 Å². The standard InChI is InChI=1S/C25H37NO3S2/c1-19(2)8-5-9-20(3)10-6-11-21(4)15-17-30-18-23(25(28)29)26-24(27)14-13-22-12-7-16-31-22/h7-8,10,12,15-16,23H,5-6,9,11,13-14,17-18H2,1-4H3,(H,26,27)(H,28,29). The van der Waals surface area contributed by atoms with Gasteiger partial charge in [-0.15, -0.1) is 11.3 Å². The van der Waals surface area contributed by atoms with Crippen molar-refractivity contribution in [3.63, 3.8) is 0 Å². The van der Waals surface area contributed by atoms with Crippen molar-refractivity contribution >= 4 is 35.0 Å². The summed E-state index contributed by atoms with van der Waals surface area (Å²) in [4.78, 5) is 24.7. The first kappa shape index (κ1) is 27.2. The molecule has 1 rings (SSSR count). The van der Waals surface area contributed by atoms with Crippen molar-refractivity contribution in [2.75, 3.05) is 11.5 Å². The van der Waals surface area contributed by atoms with Gasteiger partial charge in [-0.05, 0) is 71.2 Å². The second-order valence-electron chi connectivity index (χ2n) is 8.03. The van der Waals surface area contributed by atoms with Crippen molar-refractivity contribution in [1.29, 1.82) is 0 Å². The van der Waals surface area contributed by atoms with Crippen LogP contribution in [0.1, 0.15) is 64.7 Å². The van der Waals surface area contributed by atoms with Crippen LogP contribution in [-0.2, 0) is 16.0 Å². The van der Waals surface area contributed by atoms with Gasteiger partial charge in [-0.2, -0.15) is 11.8 Å². The van der Waals surface area contributed by atoms with Gasteiger partial charge in [0.25, 0.3) is 0 Å². The molecule has 0 aliphatic heterocycles.